The van der Waals surface area contributed by atoms with Gasteiger partial charge in [0.25, 0.3) is 5.69 Å². The molecule has 3 nitrogen and oxygen atoms in total. The standard InChI is InChI=1S/C7H6NO2S/c1-11-7-4-2-6(3-5-7)8(9)10/h2-4H,1H3. The van der Waals surface area contributed by atoms with Gasteiger partial charge in [0.15, 0.2) is 0 Å². The first-order chi connectivity index (χ1) is 5.24. The van der Waals surface area contributed by atoms with E-state index in [1.54, 1.807) is 6.07 Å². The van der Waals surface area contributed by atoms with Crippen molar-refractivity contribution in [3.63, 3.8) is 0 Å². The summed E-state index contributed by atoms with van der Waals surface area (Å²) in [6.45, 7) is 0. The van der Waals surface area contributed by atoms with E-state index in [1.165, 1.54) is 23.9 Å². The molecule has 0 saturated heterocycles. The molecule has 1 aromatic rings. The second-order valence-corrected chi connectivity index (χ2v) is 2.72. The number of hydrogen-bond acceptors (Lipinski definition) is 3. The molecule has 0 bridgehead atoms. The first kappa shape index (κ1) is 8.07. The predicted molar refractivity (Wildman–Crippen MR) is 43.7 cm³/mol. The van der Waals surface area contributed by atoms with Crippen LogP contribution in [0.25, 0.3) is 0 Å². The Morgan fingerprint density at radius 1 is 1.64 bits per heavy atom. The molecule has 0 unspecified atom stereocenters. The number of nitrogens with zero attached hydrogens (tertiary/aromatic N) is 1. The predicted octanol–water partition coefficient (Wildman–Crippen LogP) is 2.12. The van der Waals surface area contributed by atoms with Crippen LogP contribution in [-0.4, -0.2) is 11.2 Å². The van der Waals surface area contributed by atoms with Crippen LogP contribution in [0.2, 0.25) is 0 Å². The zero-order valence-corrected chi connectivity index (χ0v) is 6.72. The van der Waals surface area contributed by atoms with E-state index in [0.29, 0.717) is 0 Å². The highest BCUT2D eigenvalue weighted by atomic mass is 32.2. The largest absolute Gasteiger partial charge is 0.270 e. The Morgan fingerprint density at radius 3 is 2.73 bits per heavy atom. The number of non-ortho nitro benzene ring substituents is 1. The zero-order chi connectivity index (χ0) is 8.27. The number of rotatable bonds is 2. The van der Waals surface area contributed by atoms with Crippen molar-refractivity contribution in [1.82, 2.24) is 0 Å². The van der Waals surface area contributed by atoms with Crippen molar-refractivity contribution in [2.24, 2.45) is 0 Å². The molecule has 0 spiro atoms. The summed E-state index contributed by atoms with van der Waals surface area (Å²) in [5, 5.41) is 10.2. The van der Waals surface area contributed by atoms with Crippen LogP contribution in [0.3, 0.4) is 0 Å². The molecule has 0 atom stereocenters. The molecule has 4 heteroatoms. The molecule has 0 aromatic heterocycles. The minimum absolute atomic E-state index is 0.0859. The smallest absolute Gasteiger partial charge is 0.258 e. The van der Waals surface area contributed by atoms with E-state index in [0.717, 1.165) is 4.90 Å². The summed E-state index contributed by atoms with van der Waals surface area (Å²) in [6.07, 6.45) is 1.90. The van der Waals surface area contributed by atoms with Gasteiger partial charge in [0.1, 0.15) is 0 Å². The topological polar surface area (TPSA) is 43.1 Å². The van der Waals surface area contributed by atoms with Crippen LogP contribution in [0.4, 0.5) is 5.69 Å². The van der Waals surface area contributed by atoms with Crippen LogP contribution in [0.15, 0.2) is 23.1 Å². The quantitative estimate of drug-likeness (QED) is 0.386. The van der Waals surface area contributed by atoms with Crippen LogP contribution in [0.1, 0.15) is 0 Å². The minimum Gasteiger partial charge on any atom is -0.258 e. The molecule has 0 fully saturated rings. The Hall–Kier alpha value is -1.03. The Bertz CT molecular complexity index is 258. The fourth-order valence-corrected chi connectivity index (χ4v) is 1.02. The van der Waals surface area contributed by atoms with Crippen molar-refractivity contribution in [1.29, 1.82) is 0 Å². The van der Waals surface area contributed by atoms with E-state index in [1.807, 2.05) is 6.26 Å². The molecule has 0 amide bonds. The van der Waals surface area contributed by atoms with E-state index >= 15 is 0 Å². The summed E-state index contributed by atoms with van der Waals surface area (Å²) in [6, 6.07) is 7.33. The summed E-state index contributed by atoms with van der Waals surface area (Å²) in [5.74, 6) is 0. The average molecular weight is 168 g/mol. The lowest BCUT2D eigenvalue weighted by Crippen LogP contribution is -1.86. The normalized spacial score (nSPS) is 9.55. The van der Waals surface area contributed by atoms with Crippen molar-refractivity contribution in [3.8, 4) is 0 Å². The molecule has 0 heterocycles. The van der Waals surface area contributed by atoms with E-state index in [9.17, 15) is 10.1 Å². The highest BCUT2D eigenvalue weighted by Crippen LogP contribution is 2.17. The first-order valence-corrected chi connectivity index (χ1v) is 4.16. The Morgan fingerprint density at radius 2 is 2.36 bits per heavy atom. The van der Waals surface area contributed by atoms with Gasteiger partial charge in [0.2, 0.25) is 0 Å². The molecule has 11 heavy (non-hydrogen) atoms. The van der Waals surface area contributed by atoms with Gasteiger partial charge < -0.3 is 0 Å². The first-order valence-electron chi connectivity index (χ1n) is 2.94. The zero-order valence-electron chi connectivity index (χ0n) is 5.90. The Balaban J connectivity index is 2.91. The Labute approximate surface area is 68.6 Å². The van der Waals surface area contributed by atoms with Gasteiger partial charge >= 0.3 is 0 Å². The van der Waals surface area contributed by atoms with Gasteiger partial charge in [0, 0.05) is 23.1 Å². The lowest BCUT2D eigenvalue weighted by atomic mass is 10.3. The number of nitro groups is 1. The second kappa shape index (κ2) is 3.39. The SMILES string of the molecule is CSc1[c]cc([N+](=O)[O-])cc1. The number of nitro benzene ring substituents is 1. The third kappa shape index (κ3) is 1.94. The molecule has 0 saturated carbocycles. The van der Waals surface area contributed by atoms with E-state index in [4.69, 9.17) is 0 Å². The summed E-state index contributed by atoms with van der Waals surface area (Å²) < 4.78 is 0. The average Bonchev–Trinajstić information content (AvgIpc) is 2.05. The molecule has 57 valence electrons. The third-order valence-corrected chi connectivity index (χ3v) is 1.89. The third-order valence-electron chi connectivity index (χ3n) is 1.20. The maximum Gasteiger partial charge on any atom is 0.270 e. The molecule has 0 N–H and O–H groups in total. The van der Waals surface area contributed by atoms with Gasteiger partial charge in [-0.3, -0.25) is 10.1 Å². The lowest BCUT2D eigenvalue weighted by molar-refractivity contribution is -0.384. The van der Waals surface area contributed by atoms with Crippen LogP contribution in [-0.2, 0) is 0 Å². The van der Waals surface area contributed by atoms with E-state index < -0.39 is 4.92 Å². The van der Waals surface area contributed by atoms with Gasteiger partial charge in [-0.25, -0.2) is 0 Å². The molecule has 0 aliphatic carbocycles. The summed E-state index contributed by atoms with van der Waals surface area (Å²) in [4.78, 5) is 10.7. The summed E-state index contributed by atoms with van der Waals surface area (Å²) >= 11 is 1.51. The minimum atomic E-state index is -0.430. The highest BCUT2D eigenvalue weighted by molar-refractivity contribution is 7.98. The molecule has 0 aliphatic heterocycles. The van der Waals surface area contributed by atoms with Crippen LogP contribution in [0, 0.1) is 16.2 Å². The van der Waals surface area contributed by atoms with Crippen LogP contribution >= 0.6 is 11.8 Å². The van der Waals surface area contributed by atoms with E-state index in [2.05, 4.69) is 6.07 Å². The van der Waals surface area contributed by atoms with Crippen molar-refractivity contribution in [3.05, 3.63) is 34.4 Å². The second-order valence-electron chi connectivity index (χ2n) is 1.87. The van der Waals surface area contributed by atoms with Gasteiger partial charge in [-0.15, -0.1) is 11.8 Å². The summed E-state index contributed by atoms with van der Waals surface area (Å²) in [7, 11) is 0. The molecule has 1 aromatic carbocycles. The lowest BCUT2D eigenvalue weighted by Gasteiger charge is -1.92. The molecule has 0 aliphatic rings. The van der Waals surface area contributed by atoms with Gasteiger partial charge in [-0.1, -0.05) is 0 Å². The maximum atomic E-state index is 10.2. The maximum absolute atomic E-state index is 10.2. The number of hydrogen-bond donors (Lipinski definition) is 0. The Kier molecular flexibility index (Phi) is 2.48. The molecule has 1 radical (unpaired) electrons. The molecular weight excluding hydrogens is 162 g/mol. The fraction of sp³-hybridized carbons (Fsp3) is 0.143. The van der Waals surface area contributed by atoms with E-state index in [-0.39, 0.29) is 5.69 Å². The van der Waals surface area contributed by atoms with Crippen molar-refractivity contribution in [2.75, 3.05) is 6.26 Å². The molecular formula is C7H6NO2S. The van der Waals surface area contributed by atoms with Crippen molar-refractivity contribution < 1.29 is 4.92 Å². The fourth-order valence-electron chi connectivity index (χ4n) is 0.643. The van der Waals surface area contributed by atoms with Crippen molar-refractivity contribution in [2.45, 2.75) is 4.90 Å². The van der Waals surface area contributed by atoms with Gasteiger partial charge in [-0.05, 0) is 12.3 Å². The summed E-state index contributed by atoms with van der Waals surface area (Å²) in [5.41, 5.74) is 0.0859. The molecule has 1 rings (SSSR count). The van der Waals surface area contributed by atoms with Crippen LogP contribution < -0.4 is 0 Å². The van der Waals surface area contributed by atoms with Gasteiger partial charge in [0.05, 0.1) is 4.92 Å². The highest BCUT2D eigenvalue weighted by Gasteiger charge is 2.02. The van der Waals surface area contributed by atoms with Crippen LogP contribution in [0.5, 0.6) is 0 Å². The van der Waals surface area contributed by atoms with Gasteiger partial charge in [-0.2, -0.15) is 0 Å². The van der Waals surface area contributed by atoms with Crippen molar-refractivity contribution >= 4 is 17.4 Å². The number of benzene rings is 1. The monoisotopic (exact) mass is 168 g/mol. The number of thioether (sulfide) groups is 1.